The van der Waals surface area contributed by atoms with Crippen LogP contribution in [0, 0.1) is 11.3 Å². The Labute approximate surface area is 184 Å². The van der Waals surface area contributed by atoms with Gasteiger partial charge in [0.1, 0.15) is 5.82 Å². The molecule has 0 fully saturated rings. The van der Waals surface area contributed by atoms with Gasteiger partial charge in [0.05, 0.1) is 17.3 Å². The second kappa shape index (κ2) is 8.62. The third-order valence-corrected chi connectivity index (χ3v) is 5.65. The van der Waals surface area contributed by atoms with E-state index in [1.807, 2.05) is 36.7 Å². The molecule has 3 aromatic carbocycles. The normalized spacial score (nSPS) is 11.1. The molecule has 0 aliphatic heterocycles. The molecular formula is C28H27N3. The number of rotatable bonds is 5. The standard InChI is InChI=1S/C28H27N3/c1-19(2)25-16-24(22-10-6-5-7-11-22)17-26(20(3)4)27(25)31-14-13-30-28(31)23-12-8-9-21(15-23)18-29/h5-17,19-20H,1-4H3. The zero-order chi connectivity index (χ0) is 22.0. The van der Waals surface area contributed by atoms with Crippen molar-refractivity contribution in [1.29, 1.82) is 5.26 Å². The van der Waals surface area contributed by atoms with Crippen molar-refractivity contribution < 1.29 is 0 Å². The van der Waals surface area contributed by atoms with Crippen LogP contribution in [0.25, 0.3) is 28.2 Å². The van der Waals surface area contributed by atoms with Crippen molar-refractivity contribution in [2.24, 2.45) is 0 Å². The van der Waals surface area contributed by atoms with Gasteiger partial charge in [-0.3, -0.25) is 4.57 Å². The molecule has 0 saturated carbocycles. The molecule has 4 rings (SSSR count). The molecule has 0 amide bonds. The van der Waals surface area contributed by atoms with Gasteiger partial charge in [0.2, 0.25) is 0 Å². The highest BCUT2D eigenvalue weighted by molar-refractivity contribution is 5.71. The lowest BCUT2D eigenvalue weighted by Crippen LogP contribution is -2.08. The molecule has 154 valence electrons. The molecule has 0 bridgehead atoms. The highest BCUT2D eigenvalue weighted by Gasteiger charge is 2.20. The van der Waals surface area contributed by atoms with Gasteiger partial charge in [0, 0.05) is 18.0 Å². The lowest BCUT2D eigenvalue weighted by molar-refractivity contribution is 0.807. The smallest absolute Gasteiger partial charge is 0.144 e. The van der Waals surface area contributed by atoms with Crippen LogP contribution in [0.2, 0.25) is 0 Å². The molecule has 0 aliphatic rings. The summed E-state index contributed by atoms with van der Waals surface area (Å²) < 4.78 is 2.19. The fourth-order valence-electron chi connectivity index (χ4n) is 4.06. The molecule has 0 unspecified atom stereocenters. The molecular weight excluding hydrogens is 378 g/mol. The highest BCUT2D eigenvalue weighted by Crippen LogP contribution is 2.37. The monoisotopic (exact) mass is 405 g/mol. The van der Waals surface area contributed by atoms with Gasteiger partial charge in [-0.25, -0.2) is 4.98 Å². The van der Waals surface area contributed by atoms with Crippen LogP contribution < -0.4 is 0 Å². The molecule has 0 atom stereocenters. The van der Waals surface area contributed by atoms with Crippen molar-refractivity contribution in [3.8, 4) is 34.3 Å². The number of aromatic nitrogens is 2. The van der Waals surface area contributed by atoms with Gasteiger partial charge in [-0.05, 0) is 58.4 Å². The quantitative estimate of drug-likeness (QED) is 0.349. The van der Waals surface area contributed by atoms with E-state index in [4.69, 9.17) is 0 Å². The predicted octanol–water partition coefficient (Wildman–Crippen LogP) is 7.32. The van der Waals surface area contributed by atoms with Crippen LogP contribution in [0.4, 0.5) is 0 Å². The van der Waals surface area contributed by atoms with Gasteiger partial charge in [0.25, 0.3) is 0 Å². The second-order valence-corrected chi connectivity index (χ2v) is 8.49. The molecule has 0 saturated heterocycles. The second-order valence-electron chi connectivity index (χ2n) is 8.49. The lowest BCUT2D eigenvalue weighted by atomic mass is 9.88. The molecule has 0 radical (unpaired) electrons. The first kappa shape index (κ1) is 20.6. The average molecular weight is 406 g/mol. The SMILES string of the molecule is CC(C)c1cc(-c2ccccc2)cc(C(C)C)c1-n1ccnc1-c1cccc(C#N)c1. The summed E-state index contributed by atoms with van der Waals surface area (Å²) in [5.41, 5.74) is 7.83. The molecule has 3 nitrogen and oxygen atoms in total. The Bertz CT molecular complexity index is 1210. The van der Waals surface area contributed by atoms with Gasteiger partial charge in [-0.2, -0.15) is 5.26 Å². The van der Waals surface area contributed by atoms with Crippen LogP contribution in [-0.4, -0.2) is 9.55 Å². The van der Waals surface area contributed by atoms with E-state index in [2.05, 4.69) is 85.8 Å². The number of hydrogen-bond donors (Lipinski definition) is 0. The minimum atomic E-state index is 0.344. The van der Waals surface area contributed by atoms with E-state index in [1.54, 1.807) is 0 Å². The van der Waals surface area contributed by atoms with Gasteiger partial charge < -0.3 is 0 Å². The molecule has 3 heteroatoms. The third-order valence-electron chi connectivity index (χ3n) is 5.65. The Morgan fingerprint density at radius 3 is 2.03 bits per heavy atom. The van der Waals surface area contributed by atoms with Crippen molar-refractivity contribution in [2.75, 3.05) is 0 Å². The van der Waals surface area contributed by atoms with E-state index < -0.39 is 0 Å². The van der Waals surface area contributed by atoms with Crippen LogP contribution in [0.1, 0.15) is 56.2 Å². The summed E-state index contributed by atoms with van der Waals surface area (Å²) in [6.45, 7) is 8.96. The Balaban J connectivity index is 1.98. The minimum absolute atomic E-state index is 0.344. The Kier molecular flexibility index (Phi) is 5.73. The van der Waals surface area contributed by atoms with Crippen LogP contribution in [-0.2, 0) is 0 Å². The molecule has 4 aromatic rings. The van der Waals surface area contributed by atoms with Gasteiger partial charge in [0.15, 0.2) is 0 Å². The largest absolute Gasteiger partial charge is 0.299 e. The number of nitriles is 1. The Hall–Kier alpha value is -3.64. The van der Waals surface area contributed by atoms with Gasteiger partial charge in [-0.15, -0.1) is 0 Å². The third kappa shape index (κ3) is 4.02. The van der Waals surface area contributed by atoms with Crippen molar-refractivity contribution in [1.82, 2.24) is 9.55 Å². The fraction of sp³-hybridized carbons (Fsp3) is 0.214. The first-order chi connectivity index (χ1) is 15.0. The van der Waals surface area contributed by atoms with E-state index in [-0.39, 0.29) is 0 Å². The zero-order valence-electron chi connectivity index (χ0n) is 18.5. The first-order valence-corrected chi connectivity index (χ1v) is 10.8. The van der Waals surface area contributed by atoms with Crippen molar-refractivity contribution >= 4 is 0 Å². The van der Waals surface area contributed by atoms with Crippen LogP contribution >= 0.6 is 0 Å². The molecule has 1 heterocycles. The lowest BCUT2D eigenvalue weighted by Gasteiger charge is -2.23. The summed E-state index contributed by atoms with van der Waals surface area (Å²) in [7, 11) is 0. The van der Waals surface area contributed by atoms with E-state index >= 15 is 0 Å². The van der Waals surface area contributed by atoms with Crippen molar-refractivity contribution in [2.45, 2.75) is 39.5 Å². The van der Waals surface area contributed by atoms with Crippen LogP contribution in [0.3, 0.4) is 0 Å². The summed E-state index contributed by atoms with van der Waals surface area (Å²) in [6, 6.07) is 25.1. The van der Waals surface area contributed by atoms with Gasteiger partial charge in [-0.1, -0.05) is 70.2 Å². The molecule has 0 spiro atoms. The summed E-state index contributed by atoms with van der Waals surface area (Å²) in [4.78, 5) is 4.67. The van der Waals surface area contributed by atoms with E-state index in [0.29, 0.717) is 17.4 Å². The zero-order valence-corrected chi connectivity index (χ0v) is 18.5. The molecule has 0 aliphatic carbocycles. The number of imidazole rings is 1. The summed E-state index contributed by atoms with van der Waals surface area (Å²) >= 11 is 0. The van der Waals surface area contributed by atoms with Crippen LogP contribution in [0.15, 0.2) is 79.1 Å². The topological polar surface area (TPSA) is 41.6 Å². The van der Waals surface area contributed by atoms with Gasteiger partial charge >= 0.3 is 0 Å². The van der Waals surface area contributed by atoms with E-state index in [1.165, 1.54) is 27.9 Å². The predicted molar refractivity (Wildman–Crippen MR) is 127 cm³/mol. The highest BCUT2D eigenvalue weighted by atomic mass is 15.1. The maximum Gasteiger partial charge on any atom is 0.144 e. The summed E-state index contributed by atoms with van der Waals surface area (Å²) in [5.74, 6) is 1.54. The average Bonchev–Trinajstić information content (AvgIpc) is 3.28. The number of hydrogen-bond acceptors (Lipinski definition) is 2. The molecule has 31 heavy (non-hydrogen) atoms. The summed E-state index contributed by atoms with van der Waals surface area (Å²) in [5, 5.41) is 9.34. The molecule has 0 N–H and O–H groups in total. The number of nitrogens with zero attached hydrogens (tertiary/aromatic N) is 3. The first-order valence-electron chi connectivity index (χ1n) is 10.8. The number of benzene rings is 3. The van der Waals surface area contributed by atoms with Crippen LogP contribution in [0.5, 0.6) is 0 Å². The molecule has 1 aromatic heterocycles. The van der Waals surface area contributed by atoms with Crippen molar-refractivity contribution in [3.63, 3.8) is 0 Å². The fourth-order valence-corrected chi connectivity index (χ4v) is 4.06. The van der Waals surface area contributed by atoms with E-state index in [9.17, 15) is 5.26 Å². The minimum Gasteiger partial charge on any atom is -0.299 e. The van der Waals surface area contributed by atoms with E-state index in [0.717, 1.165) is 11.4 Å². The summed E-state index contributed by atoms with van der Waals surface area (Å²) in [6.07, 6.45) is 3.87. The Morgan fingerprint density at radius 1 is 0.774 bits per heavy atom. The maximum absolute atomic E-state index is 9.34. The maximum atomic E-state index is 9.34. The van der Waals surface area contributed by atoms with Crippen molar-refractivity contribution in [3.05, 3.63) is 95.8 Å². The Morgan fingerprint density at radius 2 is 1.42 bits per heavy atom.